The van der Waals surface area contributed by atoms with E-state index < -0.39 is 0 Å². The average Bonchev–Trinajstić information content (AvgIpc) is 3.30. The van der Waals surface area contributed by atoms with Gasteiger partial charge >= 0.3 is 0 Å². The summed E-state index contributed by atoms with van der Waals surface area (Å²) < 4.78 is 0. The molecule has 1 aliphatic heterocycles. The summed E-state index contributed by atoms with van der Waals surface area (Å²) in [5.41, 5.74) is 3.32. The molecule has 1 saturated carbocycles. The molecule has 1 spiro atoms. The number of H-pyrrole nitrogens is 1. The van der Waals surface area contributed by atoms with Crippen LogP contribution in [0.4, 0.5) is 0 Å². The van der Waals surface area contributed by atoms with Gasteiger partial charge in [0.25, 0.3) is 5.91 Å². The summed E-state index contributed by atoms with van der Waals surface area (Å²) >= 11 is 0. The number of benzene rings is 1. The van der Waals surface area contributed by atoms with Gasteiger partial charge in [0.2, 0.25) is 5.91 Å². The highest BCUT2D eigenvalue weighted by molar-refractivity contribution is 5.93. The summed E-state index contributed by atoms with van der Waals surface area (Å²) in [6.45, 7) is 1.96. The molecular formula is C25H27N5O2. The van der Waals surface area contributed by atoms with Gasteiger partial charge in [0, 0.05) is 49.4 Å². The predicted molar refractivity (Wildman–Crippen MR) is 121 cm³/mol. The molecule has 1 aliphatic carbocycles. The van der Waals surface area contributed by atoms with Crippen LogP contribution < -0.4 is 5.32 Å². The molecule has 1 aromatic carbocycles. The number of likely N-dealkylation sites (tertiary alicyclic amines) is 1. The van der Waals surface area contributed by atoms with Crippen molar-refractivity contribution >= 4 is 11.8 Å². The van der Waals surface area contributed by atoms with Crippen LogP contribution in [0.15, 0.2) is 60.8 Å². The van der Waals surface area contributed by atoms with E-state index in [4.69, 9.17) is 0 Å². The maximum Gasteiger partial charge on any atom is 0.271 e. The third-order valence-electron chi connectivity index (χ3n) is 6.84. The third kappa shape index (κ3) is 4.15. The molecule has 2 fully saturated rings. The van der Waals surface area contributed by atoms with Crippen molar-refractivity contribution in [2.24, 2.45) is 11.3 Å². The Morgan fingerprint density at radius 2 is 1.88 bits per heavy atom. The second kappa shape index (κ2) is 8.57. The third-order valence-corrected chi connectivity index (χ3v) is 6.84. The lowest BCUT2D eigenvalue weighted by Gasteiger charge is -2.32. The number of carbonyl (C=O) groups is 2. The number of rotatable bonds is 6. The van der Waals surface area contributed by atoms with E-state index in [9.17, 15) is 9.59 Å². The number of amides is 2. The van der Waals surface area contributed by atoms with Gasteiger partial charge in [-0.25, -0.2) is 0 Å². The normalized spacial score (nSPS) is 19.0. The lowest BCUT2D eigenvalue weighted by molar-refractivity contribution is -0.123. The van der Waals surface area contributed by atoms with Gasteiger partial charge in [-0.3, -0.25) is 19.7 Å². The minimum atomic E-state index is -0.0217. The quantitative estimate of drug-likeness (QED) is 0.630. The number of hydrogen-bond acceptors (Lipinski definition) is 4. The van der Waals surface area contributed by atoms with Crippen LogP contribution in [-0.4, -0.2) is 51.5 Å². The summed E-state index contributed by atoms with van der Waals surface area (Å²) in [4.78, 5) is 31.7. The zero-order valence-electron chi connectivity index (χ0n) is 18.0. The SMILES string of the molecule is O=C(NCCc1ccccn1)[C@H]1CC12CCN(C(=O)c1cc(-c3ccccc3)n[nH]1)CC2. The maximum absolute atomic E-state index is 12.9. The maximum atomic E-state index is 12.9. The molecule has 0 radical (unpaired) electrons. The molecule has 2 aliphatic rings. The van der Waals surface area contributed by atoms with Crippen molar-refractivity contribution in [2.45, 2.75) is 25.7 Å². The van der Waals surface area contributed by atoms with Crippen LogP contribution in [0.5, 0.6) is 0 Å². The van der Waals surface area contributed by atoms with E-state index in [1.165, 1.54) is 0 Å². The van der Waals surface area contributed by atoms with E-state index in [2.05, 4.69) is 20.5 Å². The van der Waals surface area contributed by atoms with Crippen molar-refractivity contribution in [1.82, 2.24) is 25.4 Å². The van der Waals surface area contributed by atoms with E-state index >= 15 is 0 Å². The Morgan fingerprint density at radius 3 is 2.62 bits per heavy atom. The monoisotopic (exact) mass is 429 g/mol. The Morgan fingerprint density at radius 1 is 1.09 bits per heavy atom. The fourth-order valence-corrected chi connectivity index (χ4v) is 4.77. The first-order valence-corrected chi connectivity index (χ1v) is 11.2. The zero-order valence-corrected chi connectivity index (χ0v) is 18.0. The molecule has 5 rings (SSSR count). The Labute approximate surface area is 187 Å². The van der Waals surface area contributed by atoms with E-state index in [0.717, 1.165) is 42.6 Å². The van der Waals surface area contributed by atoms with Crippen molar-refractivity contribution in [3.05, 3.63) is 72.2 Å². The van der Waals surface area contributed by atoms with E-state index in [-0.39, 0.29) is 23.1 Å². The molecule has 2 aromatic heterocycles. The number of hydrogen-bond donors (Lipinski definition) is 2. The standard InChI is InChI=1S/C25H27N5O2/c31-23(27-13-9-19-8-4-5-12-26-19)20-17-25(20)10-14-30(15-11-25)24(32)22-16-21(28-29-22)18-6-2-1-3-7-18/h1-8,12,16,20H,9-11,13-15,17H2,(H,27,31)(H,28,29)/t20-/m1/s1. The second-order valence-electron chi connectivity index (χ2n) is 8.81. The molecule has 3 heterocycles. The highest BCUT2D eigenvalue weighted by Crippen LogP contribution is 2.59. The zero-order chi connectivity index (χ0) is 22.0. The lowest BCUT2D eigenvalue weighted by Crippen LogP contribution is -2.41. The van der Waals surface area contributed by atoms with Crippen LogP contribution in [0.1, 0.15) is 35.4 Å². The van der Waals surface area contributed by atoms with Crippen LogP contribution in [0.25, 0.3) is 11.3 Å². The molecule has 7 heteroatoms. The second-order valence-corrected chi connectivity index (χ2v) is 8.81. The number of nitrogens with zero attached hydrogens (tertiary/aromatic N) is 3. The Hall–Kier alpha value is -3.48. The topological polar surface area (TPSA) is 91.0 Å². The van der Waals surface area contributed by atoms with Crippen molar-refractivity contribution in [3.63, 3.8) is 0 Å². The molecule has 7 nitrogen and oxygen atoms in total. The average molecular weight is 430 g/mol. The van der Waals surface area contributed by atoms with Crippen LogP contribution in [0, 0.1) is 11.3 Å². The van der Waals surface area contributed by atoms with Crippen LogP contribution >= 0.6 is 0 Å². The van der Waals surface area contributed by atoms with Gasteiger partial charge in [0.15, 0.2) is 0 Å². The Bertz CT molecular complexity index is 1090. The van der Waals surface area contributed by atoms with Gasteiger partial charge in [0.05, 0.1) is 5.69 Å². The summed E-state index contributed by atoms with van der Waals surface area (Å²) in [7, 11) is 0. The number of carbonyl (C=O) groups excluding carboxylic acids is 2. The fraction of sp³-hybridized carbons (Fsp3) is 0.360. The minimum Gasteiger partial charge on any atom is -0.355 e. The number of aromatic nitrogens is 3. The first-order chi connectivity index (χ1) is 15.6. The molecule has 0 bridgehead atoms. The molecule has 3 aromatic rings. The highest BCUT2D eigenvalue weighted by Gasteiger charge is 2.58. The summed E-state index contributed by atoms with van der Waals surface area (Å²) in [6.07, 6.45) is 5.18. The van der Waals surface area contributed by atoms with Crippen molar-refractivity contribution in [3.8, 4) is 11.3 Å². The minimum absolute atomic E-state index is 0.0217. The van der Waals surface area contributed by atoms with Crippen LogP contribution in [-0.2, 0) is 11.2 Å². The van der Waals surface area contributed by atoms with Gasteiger partial charge < -0.3 is 10.2 Å². The molecular weight excluding hydrogens is 402 g/mol. The molecule has 1 saturated heterocycles. The largest absolute Gasteiger partial charge is 0.355 e. The van der Waals surface area contributed by atoms with E-state index in [0.29, 0.717) is 25.3 Å². The van der Waals surface area contributed by atoms with E-state index in [1.54, 1.807) is 6.20 Å². The Kier molecular flexibility index (Phi) is 5.47. The van der Waals surface area contributed by atoms with Gasteiger partial charge in [0.1, 0.15) is 5.69 Å². The first-order valence-electron chi connectivity index (χ1n) is 11.2. The van der Waals surface area contributed by atoms with Crippen LogP contribution in [0.2, 0.25) is 0 Å². The van der Waals surface area contributed by atoms with Gasteiger partial charge in [-0.2, -0.15) is 5.10 Å². The summed E-state index contributed by atoms with van der Waals surface area (Å²) in [5, 5.41) is 10.3. The first kappa shape index (κ1) is 20.4. The molecule has 0 unspecified atom stereocenters. The van der Waals surface area contributed by atoms with Crippen LogP contribution in [0.3, 0.4) is 0 Å². The van der Waals surface area contributed by atoms with E-state index in [1.807, 2.05) is 59.5 Å². The summed E-state index contributed by atoms with van der Waals surface area (Å²) in [5.74, 6) is 0.189. The number of pyridine rings is 1. The number of piperidine rings is 1. The molecule has 1 atom stereocenters. The smallest absolute Gasteiger partial charge is 0.271 e. The summed E-state index contributed by atoms with van der Waals surface area (Å²) in [6, 6.07) is 17.5. The molecule has 2 amide bonds. The van der Waals surface area contributed by atoms with Crippen molar-refractivity contribution < 1.29 is 9.59 Å². The van der Waals surface area contributed by atoms with Gasteiger partial charge in [-0.15, -0.1) is 0 Å². The van der Waals surface area contributed by atoms with Crippen molar-refractivity contribution in [1.29, 1.82) is 0 Å². The van der Waals surface area contributed by atoms with Crippen molar-refractivity contribution in [2.75, 3.05) is 19.6 Å². The fourth-order valence-electron chi connectivity index (χ4n) is 4.77. The number of aromatic amines is 1. The Balaban J connectivity index is 1.11. The molecule has 2 N–H and O–H groups in total. The predicted octanol–water partition coefficient (Wildman–Crippen LogP) is 3.07. The highest BCUT2D eigenvalue weighted by atomic mass is 16.2. The van der Waals surface area contributed by atoms with Gasteiger partial charge in [-0.05, 0) is 42.9 Å². The lowest BCUT2D eigenvalue weighted by atomic mass is 9.90. The molecule has 32 heavy (non-hydrogen) atoms. The van der Waals surface area contributed by atoms with Gasteiger partial charge in [-0.1, -0.05) is 36.4 Å². The number of nitrogens with one attached hydrogen (secondary N) is 2. The molecule has 164 valence electrons.